The Hall–Kier alpha value is -3.26. The number of carboxylic acids is 2. The summed E-state index contributed by atoms with van der Waals surface area (Å²) in [5.74, 6) is -0.231. The van der Waals surface area contributed by atoms with Crippen LogP contribution in [0.15, 0.2) is 0 Å². The highest BCUT2D eigenvalue weighted by molar-refractivity contribution is 6.28. The first-order valence-corrected chi connectivity index (χ1v) is 12.1. The molecule has 0 saturated carbocycles. The van der Waals surface area contributed by atoms with Crippen molar-refractivity contribution in [2.75, 3.05) is 60.7 Å². The Kier molecular flexibility index (Phi) is 9.58. The number of nitrogens with one attached hydrogen (secondary N) is 2. The minimum absolute atomic E-state index is 0.129. The van der Waals surface area contributed by atoms with Gasteiger partial charge in [0, 0.05) is 40.3 Å². The maximum Gasteiger partial charge on any atom is 0.306 e. The molecule has 4 rings (SSSR count). The van der Waals surface area contributed by atoms with Crippen molar-refractivity contribution < 1.29 is 19.8 Å². The van der Waals surface area contributed by atoms with E-state index in [4.69, 9.17) is 33.4 Å². The number of halogens is 2. The number of aliphatic carboxylic acids is 2. The minimum atomic E-state index is -0.737. The number of hydrogen-bond donors (Lipinski definition) is 4. The summed E-state index contributed by atoms with van der Waals surface area (Å²) in [5, 5.41) is 23.7. The third kappa shape index (κ3) is 7.37. The van der Waals surface area contributed by atoms with Crippen molar-refractivity contribution in [1.29, 1.82) is 0 Å². The molecule has 0 aromatic carbocycles. The van der Waals surface area contributed by atoms with Crippen molar-refractivity contribution in [1.82, 2.24) is 29.9 Å². The van der Waals surface area contributed by atoms with Gasteiger partial charge < -0.3 is 30.6 Å². The summed E-state index contributed by atoms with van der Waals surface area (Å²) in [5.41, 5.74) is 0. The number of carboxylic acid groups (broad SMARTS) is 2. The molecular weight excluding hydrogens is 515 g/mol. The molecule has 2 aliphatic rings. The van der Waals surface area contributed by atoms with Crippen molar-refractivity contribution >= 4 is 58.9 Å². The van der Waals surface area contributed by atoms with Gasteiger partial charge in [-0.15, -0.1) is 0 Å². The average molecular weight is 543 g/mol. The highest BCUT2D eigenvalue weighted by atomic mass is 35.5. The van der Waals surface area contributed by atoms with Gasteiger partial charge in [0.25, 0.3) is 0 Å². The van der Waals surface area contributed by atoms with E-state index in [-0.39, 0.29) is 22.4 Å². The van der Waals surface area contributed by atoms with Crippen LogP contribution in [0.2, 0.25) is 10.6 Å². The Morgan fingerprint density at radius 2 is 1.03 bits per heavy atom. The van der Waals surface area contributed by atoms with E-state index >= 15 is 0 Å². The van der Waals surface area contributed by atoms with E-state index in [0.717, 1.165) is 0 Å². The first kappa shape index (κ1) is 27.3. The van der Waals surface area contributed by atoms with Crippen molar-refractivity contribution in [3.63, 3.8) is 0 Å². The van der Waals surface area contributed by atoms with Crippen LogP contribution in [0.25, 0.3) is 0 Å². The number of anilines is 4. The third-order valence-electron chi connectivity index (χ3n) is 5.89. The molecule has 0 unspecified atom stereocenters. The first-order chi connectivity index (χ1) is 17.2. The highest BCUT2D eigenvalue weighted by Gasteiger charge is 2.27. The van der Waals surface area contributed by atoms with Gasteiger partial charge in [-0.25, -0.2) is 0 Å². The molecule has 4 N–H and O–H groups in total. The van der Waals surface area contributed by atoms with E-state index in [0.29, 0.717) is 75.7 Å². The zero-order valence-corrected chi connectivity index (χ0v) is 21.4. The maximum atomic E-state index is 10.9. The van der Waals surface area contributed by atoms with Crippen LogP contribution >= 0.6 is 23.2 Å². The lowest BCUT2D eigenvalue weighted by molar-refractivity contribution is -0.143. The Balaban J connectivity index is 0.000000201. The zero-order chi connectivity index (χ0) is 26.2. The molecule has 0 radical (unpaired) electrons. The quantitative estimate of drug-likeness (QED) is 0.413. The molecule has 0 aliphatic carbocycles. The Morgan fingerprint density at radius 3 is 1.31 bits per heavy atom. The van der Waals surface area contributed by atoms with Gasteiger partial charge in [0.2, 0.25) is 34.4 Å². The van der Waals surface area contributed by atoms with Crippen LogP contribution in [0.3, 0.4) is 0 Å². The highest BCUT2D eigenvalue weighted by Crippen LogP contribution is 2.23. The summed E-state index contributed by atoms with van der Waals surface area (Å²) < 4.78 is 0. The lowest BCUT2D eigenvalue weighted by Gasteiger charge is -2.30. The average Bonchev–Trinajstić information content (AvgIpc) is 2.88. The number of carbonyl (C=O) groups is 2. The molecule has 16 heteroatoms. The Morgan fingerprint density at radius 1 is 0.694 bits per heavy atom. The molecular formula is C20H28Cl2N10O4. The zero-order valence-electron chi connectivity index (χ0n) is 19.9. The third-order valence-corrected chi connectivity index (χ3v) is 6.23. The fourth-order valence-electron chi connectivity index (χ4n) is 3.84. The van der Waals surface area contributed by atoms with Crippen LogP contribution in [0, 0.1) is 11.8 Å². The molecule has 2 aliphatic heterocycles. The van der Waals surface area contributed by atoms with Crippen LogP contribution < -0.4 is 20.4 Å². The number of rotatable bonds is 6. The topological polar surface area (TPSA) is 182 Å². The van der Waals surface area contributed by atoms with Crippen LogP contribution in [0.5, 0.6) is 0 Å². The summed E-state index contributed by atoms with van der Waals surface area (Å²) in [7, 11) is 3.40. The lowest BCUT2D eigenvalue weighted by Crippen LogP contribution is -2.37. The molecule has 14 nitrogen and oxygen atoms in total. The fourth-order valence-corrected chi connectivity index (χ4v) is 4.15. The molecule has 2 fully saturated rings. The summed E-state index contributed by atoms with van der Waals surface area (Å²) in [6, 6.07) is 0. The Labute approximate surface area is 217 Å². The van der Waals surface area contributed by atoms with Gasteiger partial charge in [-0.1, -0.05) is 0 Å². The molecule has 2 aromatic rings. The molecule has 0 atom stereocenters. The molecule has 2 aromatic heterocycles. The van der Waals surface area contributed by atoms with E-state index in [1.165, 1.54) is 0 Å². The summed E-state index contributed by atoms with van der Waals surface area (Å²) in [6.07, 6.45) is 2.36. The minimum Gasteiger partial charge on any atom is -0.481 e. The number of aromatic nitrogens is 6. The van der Waals surface area contributed by atoms with E-state index in [1.54, 1.807) is 14.1 Å². The number of hydrogen-bond acceptors (Lipinski definition) is 12. The van der Waals surface area contributed by atoms with Gasteiger partial charge in [-0.3, -0.25) is 9.59 Å². The smallest absolute Gasteiger partial charge is 0.306 e. The monoisotopic (exact) mass is 542 g/mol. The number of piperidine rings is 2. The normalized spacial score (nSPS) is 16.7. The molecule has 4 heterocycles. The summed E-state index contributed by atoms with van der Waals surface area (Å²) in [4.78, 5) is 49.9. The largest absolute Gasteiger partial charge is 0.481 e. The van der Waals surface area contributed by atoms with Gasteiger partial charge in [-0.05, 0) is 48.9 Å². The SMILES string of the molecule is CNc1nc(Cl)nc(N2CCC(C(=O)O)CC2)n1.CNc1nc(Cl)nc(N2CCC(C(=O)O)CC2)n1. The second-order valence-corrected chi connectivity index (χ2v) is 8.83. The van der Waals surface area contributed by atoms with Gasteiger partial charge in [0.15, 0.2) is 0 Å². The van der Waals surface area contributed by atoms with Gasteiger partial charge in [0.05, 0.1) is 11.8 Å². The van der Waals surface area contributed by atoms with Gasteiger partial charge >= 0.3 is 11.9 Å². The van der Waals surface area contributed by atoms with E-state index in [1.807, 2.05) is 9.80 Å². The van der Waals surface area contributed by atoms with Crippen molar-refractivity contribution in [3.05, 3.63) is 10.6 Å². The van der Waals surface area contributed by atoms with Crippen molar-refractivity contribution in [2.24, 2.45) is 11.8 Å². The van der Waals surface area contributed by atoms with Crippen LogP contribution in [-0.4, -0.2) is 92.3 Å². The predicted octanol–water partition coefficient (Wildman–Crippen LogP) is 1.74. The molecule has 0 amide bonds. The number of nitrogens with zero attached hydrogens (tertiary/aromatic N) is 8. The van der Waals surface area contributed by atoms with E-state index < -0.39 is 11.9 Å². The molecule has 36 heavy (non-hydrogen) atoms. The molecule has 2 saturated heterocycles. The van der Waals surface area contributed by atoms with E-state index in [2.05, 4.69) is 40.5 Å². The van der Waals surface area contributed by atoms with Crippen LogP contribution in [0.4, 0.5) is 23.8 Å². The van der Waals surface area contributed by atoms with Crippen LogP contribution in [-0.2, 0) is 9.59 Å². The van der Waals surface area contributed by atoms with E-state index in [9.17, 15) is 9.59 Å². The Bertz CT molecular complexity index is 979. The van der Waals surface area contributed by atoms with Crippen molar-refractivity contribution in [3.8, 4) is 0 Å². The lowest BCUT2D eigenvalue weighted by atomic mass is 9.97. The van der Waals surface area contributed by atoms with Crippen molar-refractivity contribution in [2.45, 2.75) is 25.7 Å². The second kappa shape index (κ2) is 12.6. The summed E-state index contributed by atoms with van der Waals surface area (Å²) in [6.45, 7) is 2.45. The first-order valence-electron chi connectivity index (χ1n) is 11.3. The molecule has 0 bridgehead atoms. The molecule has 0 spiro atoms. The fraction of sp³-hybridized carbons (Fsp3) is 0.600. The van der Waals surface area contributed by atoms with Crippen LogP contribution in [0.1, 0.15) is 25.7 Å². The molecule has 196 valence electrons. The standard InChI is InChI=1S/2C10H14ClN5O2/c2*1-12-9-13-8(11)14-10(15-9)16-4-2-6(3-5-16)7(17)18/h2*6H,2-5H2,1H3,(H,17,18)(H,12,13,14,15). The maximum absolute atomic E-state index is 10.9. The van der Waals surface area contributed by atoms with Gasteiger partial charge in [0.1, 0.15) is 0 Å². The summed E-state index contributed by atoms with van der Waals surface area (Å²) >= 11 is 11.6. The van der Waals surface area contributed by atoms with Gasteiger partial charge in [-0.2, -0.15) is 29.9 Å². The second-order valence-electron chi connectivity index (χ2n) is 8.16. The predicted molar refractivity (Wildman–Crippen MR) is 134 cm³/mol.